The van der Waals surface area contributed by atoms with Crippen LogP contribution in [0.15, 0.2) is 55.3 Å². The van der Waals surface area contributed by atoms with Crippen molar-refractivity contribution in [2.45, 2.75) is 20.0 Å². The second-order valence-corrected chi connectivity index (χ2v) is 7.01. The van der Waals surface area contributed by atoms with Crippen LogP contribution in [0.3, 0.4) is 0 Å². The molecule has 0 aliphatic rings. The third-order valence-corrected chi connectivity index (χ3v) is 4.99. The van der Waals surface area contributed by atoms with Gasteiger partial charge in [0.05, 0.1) is 26.3 Å². The molecule has 30 heavy (non-hydrogen) atoms. The van der Waals surface area contributed by atoms with Gasteiger partial charge < -0.3 is 19.4 Å². The number of carbonyl (C=O) groups excluding carboxylic acids is 1. The van der Waals surface area contributed by atoms with Gasteiger partial charge in [0.2, 0.25) is 11.8 Å². The maximum atomic E-state index is 13.1. The summed E-state index contributed by atoms with van der Waals surface area (Å²) in [4.78, 5) is 17.3. The van der Waals surface area contributed by atoms with E-state index in [2.05, 4.69) is 16.9 Å². The van der Waals surface area contributed by atoms with Gasteiger partial charge in [-0.25, -0.2) is 0 Å². The molecule has 0 spiro atoms. The summed E-state index contributed by atoms with van der Waals surface area (Å²) in [6, 6.07) is 11.3. The van der Waals surface area contributed by atoms with Crippen LogP contribution in [0.5, 0.6) is 11.8 Å². The summed E-state index contributed by atoms with van der Waals surface area (Å²) in [5.41, 5.74) is 2.42. The van der Waals surface area contributed by atoms with Crippen molar-refractivity contribution in [1.82, 2.24) is 14.1 Å². The molecule has 0 saturated heterocycles. The SMILES string of the molecule is C=CCn1cc(Nc2ccc(C)cc2)n(CC(=O)c2ccc(OC)nc2OC)c1=S. The number of nitrogens with zero attached hydrogens (tertiary/aromatic N) is 3. The van der Waals surface area contributed by atoms with Gasteiger partial charge in [-0.2, -0.15) is 4.98 Å². The molecule has 7 nitrogen and oxygen atoms in total. The minimum absolute atomic E-state index is 0.0293. The molecular formula is C22H24N4O3S. The molecule has 2 aromatic heterocycles. The number of carbonyl (C=O) groups is 1. The molecule has 0 aliphatic heterocycles. The summed E-state index contributed by atoms with van der Waals surface area (Å²) in [6.45, 7) is 6.37. The van der Waals surface area contributed by atoms with Crippen LogP contribution in [0, 0.1) is 11.7 Å². The number of Topliss-reactive ketones (excluding diaryl/α,β-unsaturated/α-hetero) is 1. The van der Waals surface area contributed by atoms with Gasteiger partial charge in [0.1, 0.15) is 5.82 Å². The molecule has 8 heteroatoms. The van der Waals surface area contributed by atoms with E-state index in [-0.39, 0.29) is 18.2 Å². The fraction of sp³-hybridized carbons (Fsp3) is 0.227. The second kappa shape index (κ2) is 9.41. The van der Waals surface area contributed by atoms with Crippen molar-refractivity contribution in [2.75, 3.05) is 19.5 Å². The summed E-state index contributed by atoms with van der Waals surface area (Å²) < 4.78 is 14.5. The average Bonchev–Trinajstić information content (AvgIpc) is 3.03. The van der Waals surface area contributed by atoms with Crippen molar-refractivity contribution >= 4 is 29.5 Å². The number of ketones is 1. The van der Waals surface area contributed by atoms with E-state index in [4.69, 9.17) is 21.7 Å². The van der Waals surface area contributed by atoms with E-state index >= 15 is 0 Å². The van der Waals surface area contributed by atoms with Crippen LogP contribution in [-0.4, -0.2) is 34.1 Å². The zero-order valence-electron chi connectivity index (χ0n) is 17.2. The molecule has 2 heterocycles. The van der Waals surface area contributed by atoms with E-state index < -0.39 is 0 Å². The number of rotatable bonds is 9. The molecule has 3 rings (SSSR count). The van der Waals surface area contributed by atoms with Crippen LogP contribution in [0.2, 0.25) is 0 Å². The fourth-order valence-electron chi connectivity index (χ4n) is 2.97. The third-order valence-electron chi connectivity index (χ3n) is 4.53. The van der Waals surface area contributed by atoms with Crippen molar-refractivity contribution < 1.29 is 14.3 Å². The molecule has 0 amide bonds. The van der Waals surface area contributed by atoms with Crippen molar-refractivity contribution in [3.05, 3.63) is 71.1 Å². The number of hydrogen-bond donors (Lipinski definition) is 1. The molecular weight excluding hydrogens is 400 g/mol. The first-order valence-electron chi connectivity index (χ1n) is 9.33. The summed E-state index contributed by atoms with van der Waals surface area (Å²) >= 11 is 5.60. The van der Waals surface area contributed by atoms with Gasteiger partial charge in [0.25, 0.3) is 0 Å². The van der Waals surface area contributed by atoms with E-state index in [9.17, 15) is 4.79 Å². The number of nitrogens with one attached hydrogen (secondary N) is 1. The zero-order chi connectivity index (χ0) is 21.7. The third kappa shape index (κ3) is 4.60. The molecule has 0 bridgehead atoms. The topological polar surface area (TPSA) is 70.3 Å². The van der Waals surface area contributed by atoms with Crippen molar-refractivity contribution in [2.24, 2.45) is 0 Å². The molecule has 1 aromatic carbocycles. The highest BCUT2D eigenvalue weighted by Gasteiger charge is 2.18. The Morgan fingerprint density at radius 3 is 2.57 bits per heavy atom. The minimum atomic E-state index is -0.179. The lowest BCUT2D eigenvalue weighted by Gasteiger charge is -2.12. The fourth-order valence-corrected chi connectivity index (χ4v) is 3.26. The first-order chi connectivity index (χ1) is 14.5. The molecule has 156 valence electrons. The van der Waals surface area contributed by atoms with E-state index in [0.717, 1.165) is 11.3 Å². The summed E-state index contributed by atoms with van der Waals surface area (Å²) in [6.07, 6.45) is 3.63. The van der Waals surface area contributed by atoms with Gasteiger partial charge in [-0.3, -0.25) is 9.36 Å². The maximum absolute atomic E-state index is 13.1. The predicted octanol–water partition coefficient (Wildman–Crippen LogP) is 4.55. The number of imidazole rings is 1. The monoisotopic (exact) mass is 424 g/mol. The van der Waals surface area contributed by atoms with Crippen molar-refractivity contribution in [1.29, 1.82) is 0 Å². The summed E-state index contributed by atoms with van der Waals surface area (Å²) in [5.74, 6) is 1.12. The number of ether oxygens (including phenoxy) is 2. The lowest BCUT2D eigenvalue weighted by Crippen LogP contribution is -2.14. The van der Waals surface area contributed by atoms with E-state index in [0.29, 0.717) is 28.6 Å². The Morgan fingerprint density at radius 1 is 1.20 bits per heavy atom. The smallest absolute Gasteiger partial charge is 0.227 e. The van der Waals surface area contributed by atoms with E-state index in [1.54, 1.807) is 22.8 Å². The Balaban J connectivity index is 1.96. The van der Waals surface area contributed by atoms with E-state index in [1.165, 1.54) is 14.2 Å². The van der Waals surface area contributed by atoms with Crippen LogP contribution in [0.4, 0.5) is 11.5 Å². The van der Waals surface area contributed by atoms with E-state index in [1.807, 2.05) is 42.0 Å². The number of anilines is 2. The van der Waals surface area contributed by atoms with Gasteiger partial charge in [-0.15, -0.1) is 6.58 Å². The predicted molar refractivity (Wildman–Crippen MR) is 120 cm³/mol. The molecule has 0 atom stereocenters. The lowest BCUT2D eigenvalue weighted by atomic mass is 10.1. The Kier molecular flexibility index (Phi) is 6.68. The number of allylic oxidation sites excluding steroid dienone is 1. The Hall–Kier alpha value is -3.39. The largest absolute Gasteiger partial charge is 0.481 e. The Labute approximate surface area is 180 Å². The molecule has 0 aliphatic carbocycles. The molecule has 0 radical (unpaired) electrons. The van der Waals surface area contributed by atoms with Crippen LogP contribution in [-0.2, 0) is 13.1 Å². The zero-order valence-corrected chi connectivity index (χ0v) is 18.0. The van der Waals surface area contributed by atoms with Gasteiger partial charge in [0, 0.05) is 24.5 Å². The molecule has 0 saturated carbocycles. The van der Waals surface area contributed by atoms with Gasteiger partial charge >= 0.3 is 0 Å². The number of pyridine rings is 1. The number of aryl methyl sites for hydroxylation is 1. The first kappa shape index (κ1) is 21.3. The Morgan fingerprint density at radius 2 is 1.93 bits per heavy atom. The molecule has 0 fully saturated rings. The normalized spacial score (nSPS) is 10.5. The molecule has 0 unspecified atom stereocenters. The number of benzene rings is 1. The molecule has 1 N–H and O–H groups in total. The number of aromatic nitrogens is 3. The molecule has 3 aromatic rings. The van der Waals surface area contributed by atoms with Crippen LogP contribution in [0.1, 0.15) is 15.9 Å². The highest BCUT2D eigenvalue weighted by Crippen LogP contribution is 2.23. The van der Waals surface area contributed by atoms with Gasteiger partial charge in [-0.1, -0.05) is 23.8 Å². The van der Waals surface area contributed by atoms with Gasteiger partial charge in [0.15, 0.2) is 10.6 Å². The average molecular weight is 425 g/mol. The minimum Gasteiger partial charge on any atom is -0.481 e. The standard InChI is InChI=1S/C22H24N4O3S/c1-5-12-25-14-19(23-16-8-6-15(2)7-9-16)26(22(25)30)13-18(27)17-10-11-20(28-3)24-21(17)29-4/h5-11,14,23H,1,12-13H2,2-4H3. The Bertz CT molecular complexity index is 1120. The van der Waals surface area contributed by atoms with Crippen LogP contribution in [0.25, 0.3) is 0 Å². The maximum Gasteiger partial charge on any atom is 0.227 e. The van der Waals surface area contributed by atoms with Crippen LogP contribution < -0.4 is 14.8 Å². The lowest BCUT2D eigenvalue weighted by molar-refractivity contribution is 0.0968. The number of methoxy groups -OCH3 is 2. The summed E-state index contributed by atoms with van der Waals surface area (Å²) in [7, 11) is 2.98. The second-order valence-electron chi connectivity index (χ2n) is 6.65. The van der Waals surface area contributed by atoms with Crippen molar-refractivity contribution in [3.8, 4) is 11.8 Å². The van der Waals surface area contributed by atoms with Crippen molar-refractivity contribution in [3.63, 3.8) is 0 Å². The quantitative estimate of drug-likeness (QED) is 0.309. The van der Waals surface area contributed by atoms with Crippen LogP contribution >= 0.6 is 12.2 Å². The van der Waals surface area contributed by atoms with Gasteiger partial charge in [-0.05, 0) is 37.3 Å². The highest BCUT2D eigenvalue weighted by molar-refractivity contribution is 7.71. The number of hydrogen-bond acceptors (Lipinski definition) is 6. The summed E-state index contributed by atoms with van der Waals surface area (Å²) in [5, 5.41) is 3.35. The first-order valence-corrected chi connectivity index (χ1v) is 9.74. The highest BCUT2D eigenvalue weighted by atomic mass is 32.1.